The minimum absolute atomic E-state index is 0.307. The fraction of sp³-hybridized carbons (Fsp3) is 0.917. The number of carbonyl (C=O) groups excluding carboxylic acids is 1. The van der Waals surface area contributed by atoms with E-state index in [9.17, 15) is 4.79 Å². The van der Waals surface area contributed by atoms with E-state index in [-0.39, 0.29) is 6.09 Å². The van der Waals surface area contributed by atoms with Gasteiger partial charge in [-0.2, -0.15) is 0 Å². The zero-order chi connectivity index (χ0) is 12.2. The molecule has 1 aliphatic heterocycles. The predicted octanol–water partition coefficient (Wildman–Crippen LogP) is 1.76. The summed E-state index contributed by atoms with van der Waals surface area (Å²) in [4.78, 5) is 11.5. The van der Waals surface area contributed by atoms with Gasteiger partial charge in [-0.25, -0.2) is 4.79 Å². The van der Waals surface area contributed by atoms with Crippen molar-refractivity contribution in [3.63, 3.8) is 0 Å². The van der Waals surface area contributed by atoms with E-state index in [1.165, 1.54) is 0 Å². The number of ether oxygens (including phenoxy) is 1. The van der Waals surface area contributed by atoms with Gasteiger partial charge in [0.15, 0.2) is 0 Å². The Bertz CT molecular complexity index is 236. The number of rotatable bonds is 2. The van der Waals surface area contributed by atoms with Gasteiger partial charge in [-0.05, 0) is 52.1 Å². The Hall–Kier alpha value is -0.770. The zero-order valence-corrected chi connectivity index (χ0v) is 10.8. The number of carbonyl (C=O) groups is 1. The maximum Gasteiger partial charge on any atom is 0.407 e. The normalized spacial score (nSPS) is 26.2. The molecule has 1 saturated heterocycles. The number of piperidine rings is 1. The largest absolute Gasteiger partial charge is 0.444 e. The van der Waals surface area contributed by atoms with Crippen LogP contribution >= 0.6 is 0 Å². The third kappa shape index (κ3) is 4.84. The average molecular weight is 228 g/mol. The van der Waals surface area contributed by atoms with Gasteiger partial charge >= 0.3 is 6.09 Å². The van der Waals surface area contributed by atoms with Crippen molar-refractivity contribution in [2.45, 2.75) is 39.7 Å². The van der Waals surface area contributed by atoms with Crippen molar-refractivity contribution in [1.82, 2.24) is 10.6 Å². The van der Waals surface area contributed by atoms with E-state index in [0.29, 0.717) is 11.8 Å². The number of amides is 1. The van der Waals surface area contributed by atoms with Crippen molar-refractivity contribution < 1.29 is 9.53 Å². The molecule has 2 N–H and O–H groups in total. The molecule has 2 atom stereocenters. The van der Waals surface area contributed by atoms with Crippen LogP contribution in [0.15, 0.2) is 0 Å². The Morgan fingerprint density at radius 2 is 2.19 bits per heavy atom. The second kappa shape index (κ2) is 5.53. The Balaban J connectivity index is 2.25. The Kier molecular flexibility index (Phi) is 4.59. The summed E-state index contributed by atoms with van der Waals surface area (Å²) < 4.78 is 5.20. The molecule has 4 nitrogen and oxygen atoms in total. The maximum absolute atomic E-state index is 11.5. The first-order valence-electron chi connectivity index (χ1n) is 6.06. The van der Waals surface area contributed by atoms with Gasteiger partial charge in [-0.15, -0.1) is 0 Å². The lowest BCUT2D eigenvalue weighted by atomic mass is 9.88. The van der Waals surface area contributed by atoms with E-state index >= 15 is 0 Å². The highest BCUT2D eigenvalue weighted by Gasteiger charge is 2.22. The van der Waals surface area contributed by atoms with Gasteiger partial charge in [0.25, 0.3) is 0 Å². The monoisotopic (exact) mass is 228 g/mol. The third-order valence-corrected chi connectivity index (χ3v) is 2.87. The van der Waals surface area contributed by atoms with E-state index in [4.69, 9.17) is 4.74 Å². The molecular formula is C12H24N2O2. The molecule has 1 rings (SSSR count). The minimum atomic E-state index is -0.413. The van der Waals surface area contributed by atoms with Gasteiger partial charge in [0.05, 0.1) is 0 Å². The Morgan fingerprint density at radius 3 is 2.75 bits per heavy atom. The summed E-state index contributed by atoms with van der Waals surface area (Å²) in [6.45, 7) is 10.6. The molecule has 0 spiro atoms. The zero-order valence-electron chi connectivity index (χ0n) is 10.8. The molecule has 1 amide bonds. The molecule has 1 fully saturated rings. The molecule has 2 unspecified atom stereocenters. The molecule has 0 bridgehead atoms. The van der Waals surface area contributed by atoms with Crippen molar-refractivity contribution in [2.75, 3.05) is 19.6 Å². The first-order chi connectivity index (χ1) is 7.38. The SMILES string of the molecule is CC1CNCCC1CNC(=O)OC(C)(C)C. The highest BCUT2D eigenvalue weighted by molar-refractivity contribution is 5.67. The average Bonchev–Trinajstić information content (AvgIpc) is 2.14. The van der Waals surface area contributed by atoms with Crippen LogP contribution in [0, 0.1) is 11.8 Å². The van der Waals surface area contributed by atoms with E-state index in [0.717, 1.165) is 26.1 Å². The van der Waals surface area contributed by atoms with Crippen LogP contribution in [0.4, 0.5) is 4.79 Å². The van der Waals surface area contributed by atoms with Crippen molar-refractivity contribution in [3.8, 4) is 0 Å². The van der Waals surface area contributed by atoms with Gasteiger partial charge in [0.2, 0.25) is 0 Å². The predicted molar refractivity (Wildman–Crippen MR) is 64.4 cm³/mol. The van der Waals surface area contributed by atoms with E-state index in [1.807, 2.05) is 20.8 Å². The number of alkyl carbamates (subject to hydrolysis) is 1. The highest BCUT2D eigenvalue weighted by atomic mass is 16.6. The lowest BCUT2D eigenvalue weighted by molar-refractivity contribution is 0.0510. The minimum Gasteiger partial charge on any atom is -0.444 e. The molecule has 0 aromatic rings. The molecule has 0 aromatic carbocycles. The smallest absolute Gasteiger partial charge is 0.407 e. The molecule has 4 heteroatoms. The van der Waals surface area contributed by atoms with E-state index in [2.05, 4.69) is 17.6 Å². The van der Waals surface area contributed by atoms with E-state index < -0.39 is 5.60 Å². The van der Waals surface area contributed by atoms with Crippen LogP contribution < -0.4 is 10.6 Å². The molecule has 1 aliphatic rings. The summed E-state index contributed by atoms with van der Waals surface area (Å²) in [6.07, 6.45) is 0.815. The summed E-state index contributed by atoms with van der Waals surface area (Å²) in [5, 5.41) is 6.20. The summed E-state index contributed by atoms with van der Waals surface area (Å²) in [5.41, 5.74) is -0.413. The fourth-order valence-corrected chi connectivity index (χ4v) is 1.90. The number of nitrogens with one attached hydrogen (secondary N) is 2. The molecule has 0 saturated carbocycles. The molecule has 0 radical (unpaired) electrons. The summed E-state index contributed by atoms with van der Waals surface area (Å²) >= 11 is 0. The molecule has 94 valence electrons. The van der Waals surface area contributed by atoms with Crippen LogP contribution in [-0.4, -0.2) is 31.3 Å². The van der Waals surface area contributed by atoms with Gasteiger partial charge in [-0.1, -0.05) is 6.92 Å². The van der Waals surface area contributed by atoms with Crippen LogP contribution in [-0.2, 0) is 4.74 Å². The van der Waals surface area contributed by atoms with Crippen LogP contribution in [0.5, 0.6) is 0 Å². The van der Waals surface area contributed by atoms with Gasteiger partial charge in [0, 0.05) is 6.54 Å². The summed E-state index contributed by atoms with van der Waals surface area (Å²) in [5.74, 6) is 1.18. The molecular weight excluding hydrogens is 204 g/mol. The molecule has 0 aromatic heterocycles. The second-order valence-electron chi connectivity index (χ2n) is 5.61. The van der Waals surface area contributed by atoms with Gasteiger partial charge in [0.1, 0.15) is 5.60 Å². The van der Waals surface area contributed by atoms with Crippen LogP contribution in [0.1, 0.15) is 34.1 Å². The van der Waals surface area contributed by atoms with Crippen molar-refractivity contribution in [1.29, 1.82) is 0 Å². The maximum atomic E-state index is 11.5. The van der Waals surface area contributed by atoms with E-state index in [1.54, 1.807) is 0 Å². The van der Waals surface area contributed by atoms with Crippen molar-refractivity contribution in [2.24, 2.45) is 11.8 Å². The second-order valence-corrected chi connectivity index (χ2v) is 5.61. The molecule has 0 aliphatic carbocycles. The summed E-state index contributed by atoms with van der Waals surface area (Å²) in [6, 6.07) is 0. The third-order valence-electron chi connectivity index (χ3n) is 2.87. The molecule has 1 heterocycles. The lowest BCUT2D eigenvalue weighted by Gasteiger charge is -2.30. The summed E-state index contributed by atoms with van der Waals surface area (Å²) in [7, 11) is 0. The lowest BCUT2D eigenvalue weighted by Crippen LogP contribution is -2.42. The van der Waals surface area contributed by atoms with Crippen LogP contribution in [0.2, 0.25) is 0 Å². The van der Waals surface area contributed by atoms with Crippen LogP contribution in [0.3, 0.4) is 0 Å². The quantitative estimate of drug-likeness (QED) is 0.757. The Labute approximate surface area is 98.1 Å². The Morgan fingerprint density at radius 1 is 1.50 bits per heavy atom. The van der Waals surface area contributed by atoms with Crippen molar-refractivity contribution >= 4 is 6.09 Å². The number of hydrogen-bond acceptors (Lipinski definition) is 3. The van der Waals surface area contributed by atoms with Crippen LogP contribution in [0.25, 0.3) is 0 Å². The molecule has 16 heavy (non-hydrogen) atoms. The highest BCUT2D eigenvalue weighted by Crippen LogP contribution is 2.17. The standard InChI is InChI=1S/C12H24N2O2/c1-9-7-13-6-5-10(9)8-14-11(15)16-12(2,3)4/h9-10,13H,5-8H2,1-4H3,(H,14,15). The van der Waals surface area contributed by atoms with Gasteiger partial charge in [-0.3, -0.25) is 0 Å². The van der Waals surface area contributed by atoms with Gasteiger partial charge < -0.3 is 15.4 Å². The topological polar surface area (TPSA) is 50.4 Å². The first-order valence-corrected chi connectivity index (χ1v) is 6.06. The number of hydrogen-bond donors (Lipinski definition) is 2. The van der Waals surface area contributed by atoms with Crippen molar-refractivity contribution in [3.05, 3.63) is 0 Å². The first kappa shape index (κ1) is 13.3. The fourth-order valence-electron chi connectivity index (χ4n) is 1.90.